The number of guanidine groups is 1. The highest BCUT2D eigenvalue weighted by atomic mass is 35.5. The van der Waals surface area contributed by atoms with Crippen molar-refractivity contribution < 1.29 is 4.74 Å². The molecular formula is C13H17Cl2N3O. The zero-order valence-corrected chi connectivity index (χ0v) is 12.5. The molecule has 0 spiro atoms. The van der Waals surface area contributed by atoms with Crippen LogP contribution in [0, 0.1) is 0 Å². The lowest BCUT2D eigenvalue weighted by Crippen LogP contribution is -2.48. The second-order valence-corrected chi connectivity index (χ2v) is 5.54. The standard InChI is InChI=1S/C13H17Cl2N3O/c1-13(9-3-4-10(14)11(15)7-9)8-17-12(16)18(13)5-6-19-2/h3-4,7H,5-6,8H2,1-2H3,(H2,16,17). The van der Waals surface area contributed by atoms with Gasteiger partial charge in [0.25, 0.3) is 0 Å². The van der Waals surface area contributed by atoms with Gasteiger partial charge in [-0.15, -0.1) is 0 Å². The molecule has 1 aromatic carbocycles. The third kappa shape index (κ3) is 2.66. The topological polar surface area (TPSA) is 50.9 Å². The second kappa shape index (κ2) is 5.57. The number of nitrogens with zero attached hydrogens (tertiary/aromatic N) is 2. The number of hydrogen-bond acceptors (Lipinski definition) is 4. The molecule has 0 aliphatic carbocycles. The summed E-state index contributed by atoms with van der Waals surface area (Å²) in [4.78, 5) is 6.38. The van der Waals surface area contributed by atoms with Crippen molar-refractivity contribution in [1.29, 1.82) is 0 Å². The van der Waals surface area contributed by atoms with Gasteiger partial charge in [-0.05, 0) is 24.6 Å². The number of benzene rings is 1. The Morgan fingerprint density at radius 1 is 1.42 bits per heavy atom. The molecule has 1 unspecified atom stereocenters. The maximum atomic E-state index is 6.10. The Hall–Kier alpha value is -0.970. The molecule has 0 bridgehead atoms. The predicted molar refractivity (Wildman–Crippen MR) is 78.9 cm³/mol. The largest absolute Gasteiger partial charge is 0.383 e. The Balaban J connectivity index is 2.32. The number of aliphatic imine (C=N–C) groups is 1. The predicted octanol–water partition coefficient (Wildman–Crippen LogP) is 2.49. The van der Waals surface area contributed by atoms with Crippen LogP contribution in [-0.2, 0) is 10.3 Å². The first-order valence-corrected chi connectivity index (χ1v) is 6.76. The van der Waals surface area contributed by atoms with E-state index in [4.69, 9.17) is 33.7 Å². The van der Waals surface area contributed by atoms with Gasteiger partial charge in [0.1, 0.15) is 0 Å². The van der Waals surface area contributed by atoms with E-state index in [9.17, 15) is 0 Å². The number of rotatable bonds is 4. The molecule has 4 nitrogen and oxygen atoms in total. The molecule has 1 atom stereocenters. The summed E-state index contributed by atoms with van der Waals surface area (Å²) in [6, 6.07) is 5.63. The highest BCUT2D eigenvalue weighted by Gasteiger charge is 2.39. The zero-order chi connectivity index (χ0) is 14.0. The van der Waals surface area contributed by atoms with Crippen molar-refractivity contribution in [3.8, 4) is 0 Å². The minimum absolute atomic E-state index is 0.309. The summed E-state index contributed by atoms with van der Waals surface area (Å²) in [5.41, 5.74) is 6.70. The van der Waals surface area contributed by atoms with Crippen molar-refractivity contribution >= 4 is 29.2 Å². The van der Waals surface area contributed by atoms with E-state index in [0.29, 0.717) is 35.7 Å². The van der Waals surface area contributed by atoms with Crippen molar-refractivity contribution in [2.24, 2.45) is 10.7 Å². The van der Waals surface area contributed by atoms with E-state index in [1.54, 1.807) is 13.2 Å². The highest BCUT2D eigenvalue weighted by molar-refractivity contribution is 6.42. The summed E-state index contributed by atoms with van der Waals surface area (Å²) in [5, 5.41) is 1.09. The van der Waals surface area contributed by atoms with Gasteiger partial charge in [0, 0.05) is 13.7 Å². The summed E-state index contributed by atoms with van der Waals surface area (Å²) < 4.78 is 5.12. The third-order valence-corrected chi connectivity index (χ3v) is 4.22. The molecule has 19 heavy (non-hydrogen) atoms. The van der Waals surface area contributed by atoms with Crippen molar-refractivity contribution in [3.63, 3.8) is 0 Å². The van der Waals surface area contributed by atoms with Crippen LogP contribution in [0.3, 0.4) is 0 Å². The molecular weight excluding hydrogens is 285 g/mol. The molecule has 1 aliphatic heterocycles. The summed E-state index contributed by atoms with van der Waals surface area (Å²) >= 11 is 12.1. The molecule has 104 valence electrons. The molecule has 2 rings (SSSR count). The van der Waals surface area contributed by atoms with Crippen LogP contribution in [0.4, 0.5) is 0 Å². The number of hydrogen-bond donors (Lipinski definition) is 1. The second-order valence-electron chi connectivity index (χ2n) is 4.72. The fourth-order valence-corrected chi connectivity index (χ4v) is 2.58. The summed E-state index contributed by atoms with van der Waals surface area (Å²) in [6.45, 7) is 3.96. The van der Waals surface area contributed by atoms with E-state index in [1.807, 2.05) is 17.0 Å². The van der Waals surface area contributed by atoms with Crippen LogP contribution in [-0.4, -0.2) is 37.7 Å². The Labute approximate surface area is 123 Å². The summed E-state index contributed by atoms with van der Waals surface area (Å²) in [6.07, 6.45) is 0. The molecule has 0 aromatic heterocycles. The molecule has 0 radical (unpaired) electrons. The first kappa shape index (κ1) is 14.4. The van der Waals surface area contributed by atoms with Gasteiger partial charge in [-0.2, -0.15) is 0 Å². The Kier molecular flexibility index (Phi) is 4.23. The van der Waals surface area contributed by atoms with Crippen LogP contribution in [0.5, 0.6) is 0 Å². The van der Waals surface area contributed by atoms with E-state index in [-0.39, 0.29) is 5.54 Å². The van der Waals surface area contributed by atoms with Crippen molar-refractivity contribution in [2.75, 3.05) is 26.8 Å². The maximum Gasteiger partial charge on any atom is 0.192 e. The van der Waals surface area contributed by atoms with Gasteiger partial charge in [0.15, 0.2) is 5.96 Å². The maximum absolute atomic E-state index is 6.10. The van der Waals surface area contributed by atoms with Gasteiger partial charge < -0.3 is 15.4 Å². The molecule has 0 fully saturated rings. The molecule has 0 saturated carbocycles. The first-order valence-electron chi connectivity index (χ1n) is 6.01. The van der Waals surface area contributed by atoms with Gasteiger partial charge in [0.05, 0.1) is 28.7 Å². The van der Waals surface area contributed by atoms with Crippen molar-refractivity contribution in [3.05, 3.63) is 33.8 Å². The molecule has 6 heteroatoms. The normalized spacial score (nSPS) is 22.7. The van der Waals surface area contributed by atoms with Gasteiger partial charge in [-0.3, -0.25) is 4.99 Å². The van der Waals surface area contributed by atoms with E-state index in [0.717, 1.165) is 5.56 Å². The van der Waals surface area contributed by atoms with E-state index in [1.165, 1.54) is 0 Å². The molecule has 0 saturated heterocycles. The molecule has 0 amide bonds. The summed E-state index contributed by atoms with van der Waals surface area (Å²) in [7, 11) is 1.67. The van der Waals surface area contributed by atoms with E-state index in [2.05, 4.69) is 11.9 Å². The Bertz CT molecular complexity index is 507. The smallest absolute Gasteiger partial charge is 0.192 e. The SMILES string of the molecule is COCCN1C(N)=NCC1(C)c1ccc(Cl)c(Cl)c1. The fraction of sp³-hybridized carbons (Fsp3) is 0.462. The van der Waals surface area contributed by atoms with Gasteiger partial charge in [0.2, 0.25) is 0 Å². The number of ether oxygens (including phenoxy) is 1. The average Bonchev–Trinajstić information content (AvgIpc) is 2.67. The van der Waals surface area contributed by atoms with E-state index >= 15 is 0 Å². The third-order valence-electron chi connectivity index (χ3n) is 3.48. The minimum Gasteiger partial charge on any atom is -0.383 e. The molecule has 1 heterocycles. The van der Waals surface area contributed by atoms with Crippen LogP contribution in [0.25, 0.3) is 0 Å². The average molecular weight is 302 g/mol. The molecule has 1 aliphatic rings. The van der Waals surface area contributed by atoms with Crippen LogP contribution in [0.1, 0.15) is 12.5 Å². The van der Waals surface area contributed by atoms with Crippen LogP contribution in [0.15, 0.2) is 23.2 Å². The van der Waals surface area contributed by atoms with Crippen LogP contribution < -0.4 is 5.73 Å². The van der Waals surface area contributed by atoms with E-state index < -0.39 is 0 Å². The van der Waals surface area contributed by atoms with Gasteiger partial charge >= 0.3 is 0 Å². The zero-order valence-electron chi connectivity index (χ0n) is 11.0. The Morgan fingerprint density at radius 3 is 2.79 bits per heavy atom. The molecule has 1 aromatic rings. The van der Waals surface area contributed by atoms with Gasteiger partial charge in [-0.25, -0.2) is 0 Å². The highest BCUT2D eigenvalue weighted by Crippen LogP contribution is 2.35. The van der Waals surface area contributed by atoms with Crippen molar-refractivity contribution in [1.82, 2.24) is 4.90 Å². The first-order chi connectivity index (χ1) is 8.99. The summed E-state index contributed by atoms with van der Waals surface area (Å²) in [5.74, 6) is 0.533. The van der Waals surface area contributed by atoms with Crippen molar-refractivity contribution in [2.45, 2.75) is 12.5 Å². The lowest BCUT2D eigenvalue weighted by Gasteiger charge is -2.36. The number of methoxy groups -OCH3 is 1. The quantitative estimate of drug-likeness (QED) is 0.929. The molecule has 2 N–H and O–H groups in total. The van der Waals surface area contributed by atoms with Crippen LogP contribution in [0.2, 0.25) is 10.0 Å². The minimum atomic E-state index is -0.309. The monoisotopic (exact) mass is 301 g/mol. The number of nitrogens with two attached hydrogens (primary N) is 1. The number of halogens is 2. The Morgan fingerprint density at radius 2 is 2.16 bits per heavy atom. The lowest BCUT2D eigenvalue weighted by atomic mass is 9.91. The van der Waals surface area contributed by atoms with Crippen LogP contribution >= 0.6 is 23.2 Å². The van der Waals surface area contributed by atoms with Gasteiger partial charge in [-0.1, -0.05) is 29.3 Å². The lowest BCUT2D eigenvalue weighted by molar-refractivity contribution is 0.137. The fourth-order valence-electron chi connectivity index (χ4n) is 2.28.